The van der Waals surface area contributed by atoms with E-state index >= 15 is 0 Å². The molecule has 2 aromatic carbocycles. The van der Waals surface area contributed by atoms with Crippen LogP contribution in [0.5, 0.6) is 5.75 Å². The Bertz CT molecular complexity index is 738. The van der Waals surface area contributed by atoms with Gasteiger partial charge in [-0.3, -0.25) is 0 Å². The molecule has 3 aromatic rings. The Morgan fingerprint density at radius 1 is 1.14 bits per heavy atom. The van der Waals surface area contributed by atoms with Crippen molar-refractivity contribution < 1.29 is 13.5 Å². The molecule has 4 nitrogen and oxygen atoms in total. The highest BCUT2D eigenvalue weighted by molar-refractivity contribution is 5.55. The molecule has 3 rings (SSSR count). The molecule has 0 aliphatic rings. The number of anilines is 1. The second kappa shape index (κ2) is 5.66. The van der Waals surface area contributed by atoms with Crippen molar-refractivity contribution in [3.8, 4) is 17.1 Å². The quantitative estimate of drug-likeness (QED) is 0.743. The number of benzene rings is 2. The SMILES string of the molecule is Nc1cccc(OCc2ncc(-c3ccc(F)cc3)o2)c1. The van der Waals surface area contributed by atoms with E-state index in [1.165, 1.54) is 12.1 Å². The molecule has 5 heteroatoms. The number of oxazole rings is 1. The minimum Gasteiger partial charge on any atom is -0.484 e. The Labute approximate surface area is 121 Å². The first-order valence-electron chi connectivity index (χ1n) is 6.40. The highest BCUT2D eigenvalue weighted by atomic mass is 19.1. The molecule has 0 unspecified atom stereocenters. The average Bonchev–Trinajstić information content (AvgIpc) is 2.95. The van der Waals surface area contributed by atoms with Crippen LogP contribution in [0.1, 0.15) is 5.89 Å². The zero-order valence-electron chi connectivity index (χ0n) is 11.1. The fraction of sp³-hybridized carbons (Fsp3) is 0.0625. The molecule has 0 aliphatic carbocycles. The number of hydrogen-bond donors (Lipinski definition) is 1. The largest absolute Gasteiger partial charge is 0.484 e. The van der Waals surface area contributed by atoms with E-state index in [-0.39, 0.29) is 12.4 Å². The van der Waals surface area contributed by atoms with Crippen LogP contribution in [0.15, 0.2) is 59.1 Å². The van der Waals surface area contributed by atoms with Gasteiger partial charge in [0.2, 0.25) is 5.89 Å². The van der Waals surface area contributed by atoms with E-state index in [2.05, 4.69) is 4.98 Å². The van der Waals surface area contributed by atoms with E-state index in [9.17, 15) is 4.39 Å². The number of halogens is 1. The molecular formula is C16H13FN2O2. The van der Waals surface area contributed by atoms with Crippen LogP contribution in [0.2, 0.25) is 0 Å². The number of aromatic nitrogens is 1. The zero-order valence-corrected chi connectivity index (χ0v) is 11.1. The van der Waals surface area contributed by atoms with Crippen LogP contribution >= 0.6 is 0 Å². The summed E-state index contributed by atoms with van der Waals surface area (Å²) in [5.74, 6) is 1.37. The molecule has 0 radical (unpaired) electrons. The van der Waals surface area contributed by atoms with Gasteiger partial charge in [0.05, 0.1) is 6.20 Å². The van der Waals surface area contributed by atoms with Crippen LogP contribution in [0, 0.1) is 5.82 Å². The Kier molecular flexibility index (Phi) is 3.55. The minimum atomic E-state index is -0.288. The fourth-order valence-corrected chi connectivity index (χ4v) is 1.87. The monoisotopic (exact) mass is 284 g/mol. The van der Waals surface area contributed by atoms with Crippen molar-refractivity contribution in [2.45, 2.75) is 6.61 Å². The lowest BCUT2D eigenvalue weighted by Crippen LogP contribution is -1.96. The summed E-state index contributed by atoms with van der Waals surface area (Å²) in [6.07, 6.45) is 1.59. The standard InChI is InChI=1S/C16H13FN2O2/c17-12-6-4-11(5-7-12)15-9-19-16(21-15)10-20-14-3-1-2-13(18)8-14/h1-9H,10,18H2. The topological polar surface area (TPSA) is 61.3 Å². The average molecular weight is 284 g/mol. The molecule has 0 fully saturated rings. The highest BCUT2D eigenvalue weighted by Gasteiger charge is 2.07. The third-order valence-electron chi connectivity index (χ3n) is 2.90. The Hall–Kier alpha value is -2.82. The molecule has 1 heterocycles. The van der Waals surface area contributed by atoms with Crippen molar-refractivity contribution in [1.29, 1.82) is 0 Å². The fourth-order valence-electron chi connectivity index (χ4n) is 1.87. The molecule has 0 saturated heterocycles. The van der Waals surface area contributed by atoms with Gasteiger partial charge >= 0.3 is 0 Å². The van der Waals surface area contributed by atoms with Crippen LogP contribution in [0.4, 0.5) is 10.1 Å². The molecule has 2 N–H and O–H groups in total. The second-order valence-electron chi connectivity index (χ2n) is 4.49. The summed E-state index contributed by atoms with van der Waals surface area (Å²) in [5, 5.41) is 0. The first-order valence-corrected chi connectivity index (χ1v) is 6.40. The van der Waals surface area contributed by atoms with Gasteiger partial charge < -0.3 is 14.9 Å². The Balaban J connectivity index is 1.69. The van der Waals surface area contributed by atoms with Gasteiger partial charge in [-0.2, -0.15) is 0 Å². The Morgan fingerprint density at radius 3 is 2.71 bits per heavy atom. The van der Waals surface area contributed by atoms with Crippen LogP contribution in [0.3, 0.4) is 0 Å². The summed E-state index contributed by atoms with van der Waals surface area (Å²) < 4.78 is 24.0. The molecule has 0 spiro atoms. The first kappa shape index (κ1) is 13.2. The normalized spacial score (nSPS) is 10.5. The summed E-state index contributed by atoms with van der Waals surface area (Å²) in [6.45, 7) is 0.199. The third kappa shape index (κ3) is 3.20. The smallest absolute Gasteiger partial charge is 0.232 e. The minimum absolute atomic E-state index is 0.199. The number of rotatable bonds is 4. The summed E-state index contributed by atoms with van der Waals surface area (Å²) in [6, 6.07) is 13.1. The maximum absolute atomic E-state index is 12.9. The van der Waals surface area contributed by atoms with Crippen LogP contribution in [-0.2, 0) is 6.61 Å². The van der Waals surface area contributed by atoms with E-state index in [0.29, 0.717) is 23.1 Å². The van der Waals surface area contributed by atoms with Gasteiger partial charge in [-0.15, -0.1) is 0 Å². The molecular weight excluding hydrogens is 271 g/mol. The van der Waals surface area contributed by atoms with Gasteiger partial charge in [-0.1, -0.05) is 6.07 Å². The molecule has 1 aromatic heterocycles. The van der Waals surface area contributed by atoms with Crippen LogP contribution in [0.25, 0.3) is 11.3 Å². The van der Waals surface area contributed by atoms with Crippen molar-refractivity contribution in [3.63, 3.8) is 0 Å². The van der Waals surface area contributed by atoms with Gasteiger partial charge in [0.15, 0.2) is 12.4 Å². The molecule has 0 aliphatic heterocycles. The van der Waals surface area contributed by atoms with Gasteiger partial charge in [-0.25, -0.2) is 9.37 Å². The van der Waals surface area contributed by atoms with E-state index < -0.39 is 0 Å². The number of nitrogen functional groups attached to an aromatic ring is 1. The molecule has 0 atom stereocenters. The molecule has 0 bridgehead atoms. The summed E-state index contributed by atoms with van der Waals surface area (Å²) in [4.78, 5) is 4.14. The highest BCUT2D eigenvalue weighted by Crippen LogP contribution is 2.22. The molecule has 0 saturated carbocycles. The van der Waals surface area contributed by atoms with Crippen LogP contribution < -0.4 is 10.5 Å². The Morgan fingerprint density at radius 2 is 1.95 bits per heavy atom. The van der Waals surface area contributed by atoms with Crippen molar-refractivity contribution in [2.24, 2.45) is 0 Å². The predicted molar refractivity (Wildman–Crippen MR) is 77.1 cm³/mol. The van der Waals surface area contributed by atoms with Crippen molar-refractivity contribution in [1.82, 2.24) is 4.98 Å². The summed E-state index contributed by atoms with van der Waals surface area (Å²) in [7, 11) is 0. The summed E-state index contributed by atoms with van der Waals surface area (Å²) in [5.41, 5.74) is 7.06. The molecule has 0 amide bonds. The van der Waals surface area contributed by atoms with E-state index in [1.54, 1.807) is 36.5 Å². The van der Waals surface area contributed by atoms with Crippen molar-refractivity contribution in [3.05, 3.63) is 66.4 Å². The van der Waals surface area contributed by atoms with Gasteiger partial charge in [0.25, 0.3) is 0 Å². The second-order valence-corrected chi connectivity index (χ2v) is 4.49. The maximum atomic E-state index is 12.9. The predicted octanol–water partition coefficient (Wildman–Crippen LogP) is 3.64. The van der Waals surface area contributed by atoms with Crippen molar-refractivity contribution in [2.75, 3.05) is 5.73 Å². The van der Waals surface area contributed by atoms with E-state index in [0.717, 1.165) is 5.56 Å². The van der Waals surface area contributed by atoms with Gasteiger partial charge in [0.1, 0.15) is 11.6 Å². The third-order valence-corrected chi connectivity index (χ3v) is 2.90. The van der Waals surface area contributed by atoms with E-state index in [1.807, 2.05) is 6.07 Å². The first-order chi connectivity index (χ1) is 10.2. The zero-order chi connectivity index (χ0) is 14.7. The number of nitrogens with two attached hydrogens (primary N) is 1. The maximum Gasteiger partial charge on any atom is 0.232 e. The van der Waals surface area contributed by atoms with Crippen molar-refractivity contribution >= 4 is 5.69 Å². The van der Waals surface area contributed by atoms with Crippen LogP contribution in [-0.4, -0.2) is 4.98 Å². The number of nitrogens with zero attached hydrogens (tertiary/aromatic N) is 1. The van der Waals surface area contributed by atoms with Gasteiger partial charge in [-0.05, 0) is 36.4 Å². The summed E-state index contributed by atoms with van der Waals surface area (Å²) >= 11 is 0. The number of hydrogen-bond acceptors (Lipinski definition) is 4. The lowest BCUT2D eigenvalue weighted by Gasteiger charge is -2.03. The van der Waals surface area contributed by atoms with Gasteiger partial charge in [0, 0.05) is 17.3 Å². The lowest BCUT2D eigenvalue weighted by atomic mass is 10.2. The number of ether oxygens (including phenoxy) is 1. The lowest BCUT2D eigenvalue weighted by molar-refractivity contribution is 0.265. The molecule has 21 heavy (non-hydrogen) atoms. The van der Waals surface area contributed by atoms with E-state index in [4.69, 9.17) is 14.9 Å². The molecule has 106 valence electrons.